The van der Waals surface area contributed by atoms with Crippen molar-refractivity contribution in [2.75, 3.05) is 7.05 Å². The first-order valence-corrected chi connectivity index (χ1v) is 7.14. The number of carbonyl (C=O) groups is 1. The predicted octanol–water partition coefficient (Wildman–Crippen LogP) is 2.15. The number of amidine groups is 1. The fourth-order valence-corrected chi connectivity index (χ4v) is 2.41. The van der Waals surface area contributed by atoms with E-state index >= 15 is 0 Å². The molecule has 2 aromatic rings. The molecule has 0 saturated heterocycles. The minimum absolute atomic E-state index is 0.112. The van der Waals surface area contributed by atoms with Gasteiger partial charge in [-0.2, -0.15) is 0 Å². The smallest absolute Gasteiger partial charge is 0.272 e. The molecule has 22 heavy (non-hydrogen) atoms. The minimum Gasteiger partial charge on any atom is -0.380 e. The molecule has 3 rings (SSSR count). The van der Waals surface area contributed by atoms with E-state index < -0.39 is 6.10 Å². The van der Waals surface area contributed by atoms with Crippen molar-refractivity contribution in [3.63, 3.8) is 0 Å². The van der Waals surface area contributed by atoms with Crippen LogP contribution in [-0.4, -0.2) is 34.8 Å². The van der Waals surface area contributed by atoms with Crippen molar-refractivity contribution in [2.45, 2.75) is 19.4 Å². The Bertz CT molecular complexity index is 713. The van der Waals surface area contributed by atoms with E-state index in [1.807, 2.05) is 49.4 Å². The van der Waals surface area contributed by atoms with Crippen molar-refractivity contribution < 1.29 is 9.63 Å². The quantitative estimate of drug-likeness (QED) is 0.872. The van der Waals surface area contributed by atoms with Gasteiger partial charge < -0.3 is 4.84 Å². The molecule has 1 aromatic heterocycles. The Kier molecular flexibility index (Phi) is 3.87. The van der Waals surface area contributed by atoms with E-state index in [0.29, 0.717) is 18.0 Å². The molecular weight excluding hydrogens is 278 g/mol. The number of amides is 1. The third-order valence-corrected chi connectivity index (χ3v) is 3.68. The zero-order chi connectivity index (χ0) is 15.5. The van der Waals surface area contributed by atoms with Crippen molar-refractivity contribution in [3.05, 3.63) is 65.5 Å². The summed E-state index contributed by atoms with van der Waals surface area (Å²) in [4.78, 5) is 23.8. The first-order valence-electron chi connectivity index (χ1n) is 7.14. The lowest BCUT2D eigenvalue weighted by Gasteiger charge is -2.28. The number of nitrogens with zero attached hydrogens (tertiary/aromatic N) is 3. The Morgan fingerprint density at radius 1 is 1.18 bits per heavy atom. The van der Waals surface area contributed by atoms with Gasteiger partial charge in [0.1, 0.15) is 5.69 Å². The molecule has 112 valence electrons. The van der Waals surface area contributed by atoms with Crippen molar-refractivity contribution in [1.82, 2.24) is 9.88 Å². The second-order valence-electron chi connectivity index (χ2n) is 5.26. The lowest BCUT2D eigenvalue weighted by atomic mass is 10.1. The van der Waals surface area contributed by atoms with Crippen LogP contribution in [0.2, 0.25) is 0 Å². The van der Waals surface area contributed by atoms with E-state index in [0.717, 1.165) is 11.1 Å². The highest BCUT2D eigenvalue weighted by atomic mass is 16.6. The van der Waals surface area contributed by atoms with Gasteiger partial charge in [0.05, 0.1) is 0 Å². The summed E-state index contributed by atoms with van der Waals surface area (Å²) in [7, 11) is 1.70. The van der Waals surface area contributed by atoms with Gasteiger partial charge >= 0.3 is 0 Å². The van der Waals surface area contributed by atoms with E-state index in [9.17, 15) is 4.79 Å². The lowest BCUT2D eigenvalue weighted by molar-refractivity contribution is -0.141. The highest BCUT2D eigenvalue weighted by Gasteiger charge is 2.33. The van der Waals surface area contributed by atoms with Gasteiger partial charge in [0.2, 0.25) is 11.9 Å². The van der Waals surface area contributed by atoms with Crippen LogP contribution in [0.15, 0.2) is 53.8 Å². The fourth-order valence-electron chi connectivity index (χ4n) is 2.41. The van der Waals surface area contributed by atoms with Gasteiger partial charge in [-0.15, -0.1) is 0 Å². The Labute approximate surface area is 129 Å². The van der Waals surface area contributed by atoms with E-state index in [1.54, 1.807) is 13.2 Å². The number of hydrogen-bond acceptors (Lipinski definition) is 4. The molecule has 5 nitrogen and oxygen atoms in total. The number of carbonyl (C=O) groups excluding carboxylic acids is 1. The predicted molar refractivity (Wildman–Crippen MR) is 83.3 cm³/mol. The van der Waals surface area contributed by atoms with Gasteiger partial charge in [-0.1, -0.05) is 41.6 Å². The maximum atomic E-state index is 12.5. The van der Waals surface area contributed by atoms with Crippen LogP contribution in [0, 0.1) is 6.92 Å². The van der Waals surface area contributed by atoms with Gasteiger partial charge in [0.25, 0.3) is 5.91 Å². The van der Waals surface area contributed by atoms with Crippen LogP contribution in [0.25, 0.3) is 0 Å². The van der Waals surface area contributed by atoms with Crippen molar-refractivity contribution >= 4 is 11.7 Å². The van der Waals surface area contributed by atoms with Crippen molar-refractivity contribution in [1.29, 1.82) is 0 Å². The van der Waals surface area contributed by atoms with E-state index in [2.05, 4.69) is 10.1 Å². The molecule has 1 aromatic carbocycles. The van der Waals surface area contributed by atoms with Crippen LogP contribution in [0.1, 0.15) is 16.8 Å². The first kappa shape index (κ1) is 14.3. The van der Waals surface area contributed by atoms with Crippen LogP contribution in [0.3, 0.4) is 0 Å². The van der Waals surface area contributed by atoms with Crippen LogP contribution in [-0.2, 0) is 16.1 Å². The summed E-state index contributed by atoms with van der Waals surface area (Å²) in [5, 5.41) is 4.13. The summed E-state index contributed by atoms with van der Waals surface area (Å²) in [5.41, 5.74) is 2.66. The normalized spacial score (nSPS) is 17.9. The Hall–Kier alpha value is -2.69. The number of likely N-dealkylation sites (N-methyl/N-ethyl adjacent to an activating group) is 1. The van der Waals surface area contributed by atoms with Crippen molar-refractivity contribution in [3.8, 4) is 0 Å². The topological polar surface area (TPSA) is 54.8 Å². The second kappa shape index (κ2) is 5.97. The largest absolute Gasteiger partial charge is 0.380 e. The van der Waals surface area contributed by atoms with Gasteiger partial charge in [0, 0.05) is 19.7 Å². The Balaban J connectivity index is 1.84. The van der Waals surface area contributed by atoms with Gasteiger partial charge in [-0.3, -0.25) is 14.7 Å². The summed E-state index contributed by atoms with van der Waals surface area (Å²) in [6, 6.07) is 13.6. The SMILES string of the molecule is Cc1cccnc1C1=NOC(Cc2ccccc2)C(=O)N1C. The fraction of sp³-hybridized carbons (Fsp3) is 0.235. The number of aromatic nitrogens is 1. The maximum absolute atomic E-state index is 12.5. The highest BCUT2D eigenvalue weighted by Crippen LogP contribution is 2.17. The third kappa shape index (κ3) is 2.70. The van der Waals surface area contributed by atoms with Crippen LogP contribution >= 0.6 is 0 Å². The summed E-state index contributed by atoms with van der Waals surface area (Å²) in [6.07, 6.45) is 1.58. The second-order valence-corrected chi connectivity index (χ2v) is 5.26. The number of hydrogen-bond donors (Lipinski definition) is 0. The Morgan fingerprint density at radius 2 is 1.95 bits per heavy atom. The molecule has 0 spiro atoms. The Morgan fingerprint density at radius 3 is 2.68 bits per heavy atom. The molecule has 0 N–H and O–H groups in total. The van der Waals surface area contributed by atoms with Gasteiger partial charge in [-0.05, 0) is 24.1 Å². The summed E-state index contributed by atoms with van der Waals surface area (Å²) < 4.78 is 0. The summed E-state index contributed by atoms with van der Waals surface area (Å²) >= 11 is 0. The van der Waals surface area contributed by atoms with Gasteiger partial charge in [-0.25, -0.2) is 0 Å². The number of rotatable bonds is 3. The zero-order valence-electron chi connectivity index (χ0n) is 12.6. The first-order chi connectivity index (χ1) is 10.7. The average molecular weight is 295 g/mol. The molecule has 0 bridgehead atoms. The van der Waals surface area contributed by atoms with Gasteiger partial charge in [0.15, 0.2) is 0 Å². The molecule has 1 aliphatic rings. The van der Waals surface area contributed by atoms with E-state index in [4.69, 9.17) is 4.84 Å². The molecular formula is C17H17N3O2. The monoisotopic (exact) mass is 295 g/mol. The summed E-state index contributed by atoms with van der Waals surface area (Å²) in [6.45, 7) is 1.93. The minimum atomic E-state index is -0.597. The average Bonchev–Trinajstić information content (AvgIpc) is 2.54. The molecule has 1 amide bonds. The van der Waals surface area contributed by atoms with Crippen LogP contribution in [0.4, 0.5) is 0 Å². The van der Waals surface area contributed by atoms with Crippen LogP contribution < -0.4 is 0 Å². The highest BCUT2D eigenvalue weighted by molar-refractivity contribution is 6.09. The molecule has 2 heterocycles. The number of aryl methyl sites for hydroxylation is 1. The van der Waals surface area contributed by atoms with Crippen molar-refractivity contribution in [2.24, 2.45) is 5.16 Å². The summed E-state index contributed by atoms with van der Waals surface area (Å²) in [5.74, 6) is 0.339. The molecule has 0 radical (unpaired) electrons. The molecule has 5 heteroatoms. The van der Waals surface area contributed by atoms with E-state index in [-0.39, 0.29) is 5.91 Å². The third-order valence-electron chi connectivity index (χ3n) is 3.68. The number of pyridine rings is 1. The maximum Gasteiger partial charge on any atom is 0.272 e. The molecule has 1 aliphatic heterocycles. The molecule has 0 saturated carbocycles. The number of oxime groups is 1. The molecule has 0 fully saturated rings. The van der Waals surface area contributed by atoms with Crippen LogP contribution in [0.5, 0.6) is 0 Å². The van der Waals surface area contributed by atoms with E-state index in [1.165, 1.54) is 4.90 Å². The molecule has 0 aliphatic carbocycles. The number of benzene rings is 1. The molecule has 1 unspecified atom stereocenters. The standard InChI is InChI=1S/C17H17N3O2/c1-12-7-6-10-18-15(12)16-19-22-14(17(21)20(16)2)11-13-8-4-3-5-9-13/h3-10,14H,11H2,1-2H3. The lowest BCUT2D eigenvalue weighted by Crippen LogP contribution is -2.46. The zero-order valence-corrected chi connectivity index (χ0v) is 12.6. The molecule has 1 atom stereocenters.